The van der Waals surface area contributed by atoms with Crippen LogP contribution in [-0.4, -0.2) is 37.4 Å². The number of carbonyl (C=O) groups excluding carboxylic acids is 1. The molecule has 0 aliphatic heterocycles. The predicted octanol–water partition coefficient (Wildman–Crippen LogP) is 3.68. The Morgan fingerprint density at radius 2 is 1.93 bits per heavy atom. The van der Waals surface area contributed by atoms with Gasteiger partial charge in [0.15, 0.2) is 0 Å². The van der Waals surface area contributed by atoms with Gasteiger partial charge < -0.3 is 4.90 Å². The Bertz CT molecular complexity index is 953. The number of carbonyl (C=O) groups is 1. The lowest BCUT2D eigenvalue weighted by Crippen LogP contribution is -2.26. The zero-order chi connectivity index (χ0) is 19.6. The van der Waals surface area contributed by atoms with Crippen LogP contribution in [0.5, 0.6) is 0 Å². The van der Waals surface area contributed by atoms with E-state index in [1.54, 1.807) is 4.90 Å². The molecule has 27 heavy (non-hydrogen) atoms. The summed E-state index contributed by atoms with van der Waals surface area (Å²) in [5.74, 6) is -0.00799. The maximum absolute atomic E-state index is 12.9. The third kappa shape index (κ3) is 4.10. The summed E-state index contributed by atoms with van der Waals surface area (Å²) in [6.07, 6.45) is 2.84. The van der Waals surface area contributed by atoms with Gasteiger partial charge >= 0.3 is 0 Å². The van der Waals surface area contributed by atoms with Gasteiger partial charge in [-0.2, -0.15) is 10.2 Å². The van der Waals surface area contributed by atoms with E-state index in [-0.39, 0.29) is 5.91 Å². The van der Waals surface area contributed by atoms with Crippen LogP contribution in [0, 0.1) is 20.8 Å². The van der Waals surface area contributed by atoms with Gasteiger partial charge in [0.2, 0.25) is 0 Å². The first-order chi connectivity index (χ1) is 12.9. The monoisotopic (exact) mass is 365 g/mol. The van der Waals surface area contributed by atoms with E-state index in [1.807, 2.05) is 61.6 Å². The average Bonchev–Trinajstić information content (AvgIpc) is 3.16. The Hall–Kier alpha value is -2.89. The predicted molar refractivity (Wildman–Crippen MR) is 106 cm³/mol. The van der Waals surface area contributed by atoms with Crippen LogP contribution in [0.3, 0.4) is 0 Å². The first kappa shape index (κ1) is 18.9. The molecule has 0 fully saturated rings. The highest BCUT2D eigenvalue weighted by molar-refractivity contribution is 5.94. The lowest BCUT2D eigenvalue weighted by Gasteiger charge is -2.17. The minimum atomic E-state index is -0.00799. The van der Waals surface area contributed by atoms with Crippen molar-refractivity contribution in [1.82, 2.24) is 24.5 Å². The maximum atomic E-state index is 12.9. The highest BCUT2D eigenvalue weighted by Gasteiger charge is 2.18. The topological polar surface area (TPSA) is 56.0 Å². The maximum Gasteiger partial charge on any atom is 0.257 e. The van der Waals surface area contributed by atoms with E-state index in [2.05, 4.69) is 29.3 Å². The normalized spacial score (nSPS) is 11.0. The highest BCUT2D eigenvalue weighted by atomic mass is 16.2. The summed E-state index contributed by atoms with van der Waals surface area (Å²) < 4.78 is 3.78. The second kappa shape index (κ2) is 7.78. The van der Waals surface area contributed by atoms with Crippen molar-refractivity contribution in [3.8, 4) is 5.69 Å². The van der Waals surface area contributed by atoms with E-state index in [4.69, 9.17) is 0 Å². The fourth-order valence-electron chi connectivity index (χ4n) is 3.30. The van der Waals surface area contributed by atoms with Crippen LogP contribution < -0.4 is 0 Å². The molecule has 0 saturated heterocycles. The van der Waals surface area contributed by atoms with Crippen LogP contribution >= 0.6 is 0 Å². The molecule has 0 unspecified atom stereocenters. The van der Waals surface area contributed by atoms with Crippen molar-refractivity contribution in [2.24, 2.45) is 0 Å². The molecule has 0 radical (unpaired) electrons. The van der Waals surface area contributed by atoms with Gasteiger partial charge in [-0.15, -0.1) is 0 Å². The SMILES string of the molecule is CCCn1cc(C(=O)N(C)Cc2cccc(-n3nc(C)cc3C)c2)c(C)n1. The number of amides is 1. The van der Waals surface area contributed by atoms with Gasteiger partial charge in [0.05, 0.1) is 22.6 Å². The molecule has 0 atom stereocenters. The van der Waals surface area contributed by atoms with E-state index in [9.17, 15) is 4.79 Å². The summed E-state index contributed by atoms with van der Waals surface area (Å²) >= 11 is 0. The van der Waals surface area contributed by atoms with Crippen molar-refractivity contribution in [3.63, 3.8) is 0 Å². The zero-order valence-corrected chi connectivity index (χ0v) is 16.7. The fraction of sp³-hybridized carbons (Fsp3) is 0.381. The average molecular weight is 365 g/mol. The van der Waals surface area contributed by atoms with Gasteiger partial charge in [0.25, 0.3) is 5.91 Å². The second-order valence-corrected chi connectivity index (χ2v) is 7.06. The number of benzene rings is 1. The van der Waals surface area contributed by atoms with E-state index in [0.29, 0.717) is 12.1 Å². The lowest BCUT2D eigenvalue weighted by molar-refractivity contribution is 0.0784. The van der Waals surface area contributed by atoms with Crippen molar-refractivity contribution in [2.45, 2.75) is 47.2 Å². The van der Waals surface area contributed by atoms with Gasteiger partial charge in [-0.3, -0.25) is 9.48 Å². The molecule has 0 bridgehead atoms. The van der Waals surface area contributed by atoms with Crippen LogP contribution in [0.1, 0.15) is 46.3 Å². The van der Waals surface area contributed by atoms with Gasteiger partial charge in [0, 0.05) is 32.0 Å². The molecular weight excluding hydrogens is 338 g/mol. The van der Waals surface area contributed by atoms with E-state index >= 15 is 0 Å². The van der Waals surface area contributed by atoms with E-state index in [0.717, 1.165) is 41.3 Å². The van der Waals surface area contributed by atoms with Crippen LogP contribution in [0.2, 0.25) is 0 Å². The van der Waals surface area contributed by atoms with Crippen LogP contribution in [-0.2, 0) is 13.1 Å². The van der Waals surface area contributed by atoms with Gasteiger partial charge in [-0.25, -0.2) is 4.68 Å². The molecule has 0 aliphatic rings. The number of aromatic nitrogens is 4. The molecule has 6 heteroatoms. The van der Waals surface area contributed by atoms with E-state index < -0.39 is 0 Å². The number of aryl methyl sites for hydroxylation is 4. The van der Waals surface area contributed by atoms with Gasteiger partial charge in [-0.05, 0) is 51.0 Å². The molecular formula is C21H27N5O. The quantitative estimate of drug-likeness (QED) is 0.670. The molecule has 0 spiro atoms. The summed E-state index contributed by atoms with van der Waals surface area (Å²) in [7, 11) is 1.83. The molecule has 0 saturated carbocycles. The summed E-state index contributed by atoms with van der Waals surface area (Å²) in [6, 6.07) is 10.2. The molecule has 142 valence electrons. The van der Waals surface area contributed by atoms with Crippen molar-refractivity contribution in [3.05, 3.63) is 64.7 Å². The van der Waals surface area contributed by atoms with Crippen LogP contribution in [0.4, 0.5) is 0 Å². The Balaban J connectivity index is 1.78. The van der Waals surface area contributed by atoms with E-state index in [1.165, 1.54) is 0 Å². The molecule has 1 amide bonds. The number of nitrogens with zero attached hydrogens (tertiary/aromatic N) is 5. The molecule has 3 rings (SSSR count). The molecule has 0 aliphatic carbocycles. The fourth-order valence-corrected chi connectivity index (χ4v) is 3.30. The summed E-state index contributed by atoms with van der Waals surface area (Å²) in [6.45, 7) is 9.36. The van der Waals surface area contributed by atoms with Crippen molar-refractivity contribution in [1.29, 1.82) is 0 Å². The summed E-state index contributed by atoms with van der Waals surface area (Å²) in [5.41, 5.74) is 5.59. The molecule has 3 aromatic rings. The summed E-state index contributed by atoms with van der Waals surface area (Å²) in [5, 5.41) is 8.97. The van der Waals surface area contributed by atoms with Crippen molar-refractivity contribution >= 4 is 5.91 Å². The molecule has 0 N–H and O–H groups in total. The lowest BCUT2D eigenvalue weighted by atomic mass is 10.1. The third-order valence-electron chi connectivity index (χ3n) is 4.56. The second-order valence-electron chi connectivity index (χ2n) is 7.06. The first-order valence-electron chi connectivity index (χ1n) is 9.31. The Morgan fingerprint density at radius 1 is 1.15 bits per heavy atom. The first-order valence-corrected chi connectivity index (χ1v) is 9.31. The Kier molecular flexibility index (Phi) is 5.44. The van der Waals surface area contributed by atoms with Gasteiger partial charge in [0.1, 0.15) is 0 Å². The Morgan fingerprint density at radius 3 is 2.59 bits per heavy atom. The standard InChI is InChI=1S/C21H27N5O/c1-6-10-25-14-20(17(4)23-25)21(27)24(5)13-18-8-7-9-19(12-18)26-16(3)11-15(2)22-26/h7-9,11-12,14H,6,10,13H2,1-5H3. The van der Waals surface area contributed by atoms with Crippen LogP contribution in [0.25, 0.3) is 5.69 Å². The Labute approximate surface area is 160 Å². The molecule has 2 heterocycles. The van der Waals surface area contributed by atoms with Crippen molar-refractivity contribution in [2.75, 3.05) is 7.05 Å². The number of hydrogen-bond donors (Lipinski definition) is 0. The zero-order valence-electron chi connectivity index (χ0n) is 16.7. The summed E-state index contributed by atoms with van der Waals surface area (Å²) in [4.78, 5) is 14.6. The third-order valence-corrected chi connectivity index (χ3v) is 4.56. The largest absolute Gasteiger partial charge is 0.337 e. The minimum Gasteiger partial charge on any atom is -0.337 e. The number of rotatable bonds is 6. The van der Waals surface area contributed by atoms with Crippen molar-refractivity contribution < 1.29 is 4.79 Å². The molecule has 1 aromatic carbocycles. The highest BCUT2D eigenvalue weighted by Crippen LogP contribution is 2.16. The molecule has 2 aromatic heterocycles. The van der Waals surface area contributed by atoms with Gasteiger partial charge in [-0.1, -0.05) is 19.1 Å². The minimum absolute atomic E-state index is 0.00799. The molecule has 6 nitrogen and oxygen atoms in total. The van der Waals surface area contributed by atoms with Crippen LogP contribution in [0.15, 0.2) is 36.5 Å². The number of hydrogen-bond acceptors (Lipinski definition) is 3. The smallest absolute Gasteiger partial charge is 0.257 e.